The summed E-state index contributed by atoms with van der Waals surface area (Å²) < 4.78 is 0. The molecule has 0 unspecified atom stereocenters. The van der Waals surface area contributed by atoms with Gasteiger partial charge in [0.25, 0.3) is 11.6 Å². The Morgan fingerprint density at radius 3 is 2.00 bits per heavy atom. The van der Waals surface area contributed by atoms with E-state index in [1.54, 1.807) is 12.1 Å². The lowest BCUT2D eigenvalue weighted by molar-refractivity contribution is -0.384. The Balaban J connectivity index is 1.91. The Hall–Kier alpha value is -3.80. The maximum atomic E-state index is 13.1. The molecule has 0 bridgehead atoms. The van der Waals surface area contributed by atoms with Gasteiger partial charge in [-0.15, -0.1) is 0 Å². The van der Waals surface area contributed by atoms with Crippen LogP contribution in [-0.4, -0.2) is 16.7 Å². The third kappa shape index (κ3) is 2.77. The number of nitrogens with one attached hydrogen (secondary N) is 1. The monoisotopic (exact) mass is 357 g/mol. The molecule has 6 nitrogen and oxygen atoms in total. The van der Waals surface area contributed by atoms with Crippen LogP contribution in [0.5, 0.6) is 0 Å². The number of amidine groups is 1. The van der Waals surface area contributed by atoms with E-state index in [2.05, 4.69) is 5.32 Å². The smallest absolute Gasteiger partial charge is 0.270 e. The Morgan fingerprint density at radius 1 is 0.852 bits per heavy atom. The molecule has 1 aliphatic rings. The highest BCUT2D eigenvalue weighted by Gasteiger charge is 2.47. The van der Waals surface area contributed by atoms with Crippen LogP contribution in [0.4, 0.5) is 5.69 Å². The second kappa shape index (κ2) is 6.49. The van der Waals surface area contributed by atoms with Gasteiger partial charge in [-0.1, -0.05) is 72.8 Å². The minimum absolute atomic E-state index is 0.0543. The number of amides is 1. The normalized spacial score (nSPS) is 15.1. The van der Waals surface area contributed by atoms with Crippen molar-refractivity contribution in [3.63, 3.8) is 0 Å². The fourth-order valence-corrected chi connectivity index (χ4v) is 3.26. The van der Waals surface area contributed by atoms with Crippen LogP contribution >= 0.6 is 0 Å². The highest BCUT2D eigenvalue weighted by Crippen LogP contribution is 2.37. The lowest BCUT2D eigenvalue weighted by Gasteiger charge is -2.24. The standard InChI is InChI=1S/C21H15N3O3/c25-20-21(16-9-3-1-4-10-16,17-11-5-2-6-12-17)23-19(22-20)15-8-7-13-18(14-15)24(26)27/h1-14H,(H,22,23,25). The molecule has 1 amide bonds. The molecule has 3 aromatic carbocycles. The van der Waals surface area contributed by atoms with E-state index in [-0.39, 0.29) is 11.6 Å². The topological polar surface area (TPSA) is 84.6 Å². The summed E-state index contributed by atoms with van der Waals surface area (Å²) in [5.41, 5.74) is 0.665. The Morgan fingerprint density at radius 2 is 1.44 bits per heavy atom. The van der Waals surface area contributed by atoms with Crippen LogP contribution < -0.4 is 5.32 Å². The van der Waals surface area contributed by atoms with Gasteiger partial charge in [0, 0.05) is 17.7 Å². The Bertz CT molecular complexity index is 1010. The maximum absolute atomic E-state index is 13.1. The highest BCUT2D eigenvalue weighted by molar-refractivity contribution is 6.16. The van der Waals surface area contributed by atoms with E-state index < -0.39 is 10.5 Å². The number of carbonyl (C=O) groups is 1. The molecule has 0 radical (unpaired) electrons. The number of benzene rings is 3. The van der Waals surface area contributed by atoms with Crippen LogP contribution in [0.2, 0.25) is 0 Å². The predicted molar refractivity (Wildman–Crippen MR) is 101 cm³/mol. The minimum atomic E-state index is -1.23. The van der Waals surface area contributed by atoms with Crippen LogP contribution in [0.15, 0.2) is 89.9 Å². The summed E-state index contributed by atoms with van der Waals surface area (Å²) in [6.07, 6.45) is 0. The van der Waals surface area contributed by atoms with Gasteiger partial charge in [-0.3, -0.25) is 14.9 Å². The molecule has 0 atom stereocenters. The van der Waals surface area contributed by atoms with Gasteiger partial charge >= 0.3 is 0 Å². The zero-order valence-electron chi connectivity index (χ0n) is 14.2. The second-order valence-electron chi connectivity index (χ2n) is 6.16. The van der Waals surface area contributed by atoms with Gasteiger partial charge in [-0.05, 0) is 11.1 Å². The van der Waals surface area contributed by atoms with E-state index in [9.17, 15) is 14.9 Å². The van der Waals surface area contributed by atoms with Gasteiger partial charge in [-0.25, -0.2) is 4.99 Å². The number of rotatable bonds is 4. The Kier molecular flexibility index (Phi) is 4.01. The molecule has 6 heteroatoms. The Labute approximate surface area is 155 Å². The molecule has 0 aliphatic carbocycles. The highest BCUT2D eigenvalue weighted by atomic mass is 16.6. The molecule has 27 heavy (non-hydrogen) atoms. The lowest BCUT2D eigenvalue weighted by Crippen LogP contribution is -2.38. The van der Waals surface area contributed by atoms with Gasteiger partial charge in [0.1, 0.15) is 5.84 Å². The molecular formula is C21H15N3O3. The lowest BCUT2D eigenvalue weighted by atomic mass is 9.83. The van der Waals surface area contributed by atoms with Crippen molar-refractivity contribution in [2.45, 2.75) is 5.54 Å². The van der Waals surface area contributed by atoms with Gasteiger partial charge in [0.2, 0.25) is 0 Å². The molecule has 1 heterocycles. The van der Waals surface area contributed by atoms with E-state index in [1.807, 2.05) is 60.7 Å². The van der Waals surface area contributed by atoms with Gasteiger partial charge in [-0.2, -0.15) is 0 Å². The molecule has 0 aromatic heterocycles. The van der Waals surface area contributed by atoms with Gasteiger partial charge < -0.3 is 5.32 Å². The molecule has 0 saturated heterocycles. The fourth-order valence-electron chi connectivity index (χ4n) is 3.26. The fraction of sp³-hybridized carbons (Fsp3) is 0.0476. The third-order valence-electron chi connectivity index (χ3n) is 4.55. The van der Waals surface area contributed by atoms with Crippen LogP contribution in [0.1, 0.15) is 16.7 Å². The quantitative estimate of drug-likeness (QED) is 0.573. The van der Waals surface area contributed by atoms with Crippen molar-refractivity contribution in [2.24, 2.45) is 4.99 Å². The number of hydrogen-bond donors (Lipinski definition) is 1. The van der Waals surface area contributed by atoms with Crippen LogP contribution in [0, 0.1) is 10.1 Å². The van der Waals surface area contributed by atoms with Crippen molar-refractivity contribution in [1.82, 2.24) is 5.32 Å². The molecule has 132 valence electrons. The molecule has 0 saturated carbocycles. The van der Waals surface area contributed by atoms with E-state index >= 15 is 0 Å². The van der Waals surface area contributed by atoms with Crippen molar-refractivity contribution in [2.75, 3.05) is 0 Å². The molecule has 0 spiro atoms. The summed E-state index contributed by atoms with van der Waals surface area (Å²) >= 11 is 0. The summed E-state index contributed by atoms with van der Waals surface area (Å²) in [5, 5.41) is 13.9. The largest absolute Gasteiger partial charge is 0.308 e. The molecule has 3 aromatic rings. The summed E-state index contributed by atoms with van der Waals surface area (Å²) in [6, 6.07) is 24.7. The number of hydrogen-bond acceptors (Lipinski definition) is 4. The van der Waals surface area contributed by atoms with E-state index in [0.717, 1.165) is 11.1 Å². The minimum Gasteiger partial charge on any atom is -0.308 e. The first-order valence-corrected chi connectivity index (χ1v) is 8.38. The number of non-ortho nitro benzene ring substituents is 1. The molecule has 1 N–H and O–H groups in total. The van der Waals surface area contributed by atoms with Crippen molar-refractivity contribution < 1.29 is 9.72 Å². The number of nitrogens with zero attached hydrogens (tertiary/aromatic N) is 2. The number of carbonyl (C=O) groups excluding carboxylic acids is 1. The first-order chi connectivity index (χ1) is 13.1. The maximum Gasteiger partial charge on any atom is 0.270 e. The molecular weight excluding hydrogens is 342 g/mol. The van der Waals surface area contributed by atoms with E-state index in [1.165, 1.54) is 12.1 Å². The summed E-state index contributed by atoms with van der Waals surface area (Å²) in [5.74, 6) is 0.0258. The molecule has 4 rings (SSSR count). The average molecular weight is 357 g/mol. The summed E-state index contributed by atoms with van der Waals surface area (Å²) in [7, 11) is 0. The number of aliphatic imine (C=N–C) groups is 1. The SMILES string of the molecule is O=C1NC(c2cccc([N+](=O)[O-])c2)=NC1(c1ccccc1)c1ccccc1. The summed E-state index contributed by atoms with van der Waals surface area (Å²) in [4.78, 5) is 28.5. The average Bonchev–Trinajstić information content (AvgIpc) is 3.08. The van der Waals surface area contributed by atoms with Gasteiger partial charge in [0.15, 0.2) is 5.54 Å². The third-order valence-corrected chi connectivity index (χ3v) is 4.55. The first kappa shape index (κ1) is 16.7. The van der Waals surface area contributed by atoms with Crippen LogP contribution in [-0.2, 0) is 10.3 Å². The van der Waals surface area contributed by atoms with Crippen molar-refractivity contribution >= 4 is 17.4 Å². The van der Waals surface area contributed by atoms with Crippen molar-refractivity contribution in [3.8, 4) is 0 Å². The van der Waals surface area contributed by atoms with Crippen molar-refractivity contribution in [1.29, 1.82) is 0 Å². The first-order valence-electron chi connectivity index (χ1n) is 8.38. The van der Waals surface area contributed by atoms with Gasteiger partial charge in [0.05, 0.1) is 4.92 Å². The van der Waals surface area contributed by atoms with Crippen molar-refractivity contribution in [3.05, 3.63) is 112 Å². The van der Waals surface area contributed by atoms with E-state index in [4.69, 9.17) is 4.99 Å². The predicted octanol–water partition coefficient (Wildman–Crippen LogP) is 3.42. The van der Waals surface area contributed by atoms with E-state index in [0.29, 0.717) is 11.4 Å². The second-order valence-corrected chi connectivity index (χ2v) is 6.16. The molecule has 1 aliphatic heterocycles. The van der Waals surface area contributed by atoms with Crippen LogP contribution in [0.25, 0.3) is 0 Å². The number of nitro groups is 1. The molecule has 0 fully saturated rings. The summed E-state index contributed by atoms with van der Waals surface area (Å²) in [6.45, 7) is 0. The zero-order chi connectivity index (χ0) is 18.9. The van der Waals surface area contributed by atoms with Crippen LogP contribution in [0.3, 0.4) is 0 Å². The number of nitro benzene ring substituents is 1. The zero-order valence-corrected chi connectivity index (χ0v) is 14.2.